The number of aromatic carboxylic acids is 1. The summed E-state index contributed by atoms with van der Waals surface area (Å²) in [5, 5.41) is 10.7. The molecule has 2 aromatic carbocycles. The number of benzene rings is 2. The molecule has 1 atom stereocenters. The van der Waals surface area contributed by atoms with E-state index >= 15 is 0 Å². The highest BCUT2D eigenvalue weighted by Crippen LogP contribution is 2.38. The van der Waals surface area contributed by atoms with Crippen LogP contribution in [0.5, 0.6) is 5.75 Å². The first kappa shape index (κ1) is 17.4. The van der Waals surface area contributed by atoms with Crippen molar-refractivity contribution >= 4 is 62.6 Å². The number of hydrogen-bond acceptors (Lipinski definition) is 5. The summed E-state index contributed by atoms with van der Waals surface area (Å²) in [6.45, 7) is 0. The second kappa shape index (κ2) is 6.48. The van der Waals surface area contributed by atoms with E-state index in [0.717, 1.165) is 3.57 Å². The molecule has 1 aliphatic rings. The summed E-state index contributed by atoms with van der Waals surface area (Å²) in [7, 11) is 1.63. The number of rotatable bonds is 2. The van der Waals surface area contributed by atoms with Crippen molar-refractivity contribution in [2.24, 2.45) is 0 Å². The summed E-state index contributed by atoms with van der Waals surface area (Å²) in [5.41, 5.74) is 6.98. The van der Waals surface area contributed by atoms with Gasteiger partial charge in [-0.25, -0.2) is 4.79 Å². The van der Waals surface area contributed by atoms with Crippen LogP contribution >= 0.6 is 45.2 Å². The SMILES string of the molecule is CN1Oc2ccc(I)cc2C(=O)C1c1cc(I)cc(C(=O)O)c1N. The van der Waals surface area contributed by atoms with Gasteiger partial charge in [0.2, 0.25) is 0 Å². The lowest BCUT2D eigenvalue weighted by atomic mass is 9.93. The largest absolute Gasteiger partial charge is 0.478 e. The Balaban J connectivity index is 2.16. The summed E-state index contributed by atoms with van der Waals surface area (Å²) in [6, 6.07) is 7.73. The summed E-state index contributed by atoms with van der Waals surface area (Å²) in [5.74, 6) is -0.835. The average Bonchev–Trinajstić information content (AvgIpc) is 2.51. The van der Waals surface area contributed by atoms with E-state index in [1.54, 1.807) is 25.2 Å². The van der Waals surface area contributed by atoms with E-state index in [0.29, 0.717) is 20.4 Å². The van der Waals surface area contributed by atoms with Crippen molar-refractivity contribution in [3.8, 4) is 5.75 Å². The van der Waals surface area contributed by atoms with E-state index in [1.165, 1.54) is 11.1 Å². The first-order chi connectivity index (χ1) is 11.3. The Labute approximate surface area is 165 Å². The van der Waals surface area contributed by atoms with Crippen LogP contribution < -0.4 is 10.6 Å². The molecular weight excluding hydrogens is 538 g/mol. The Morgan fingerprint density at radius 3 is 2.62 bits per heavy atom. The number of halogens is 2. The molecule has 0 aromatic heterocycles. The van der Waals surface area contributed by atoms with Crippen LogP contribution in [-0.4, -0.2) is 29.0 Å². The average molecular weight is 550 g/mol. The van der Waals surface area contributed by atoms with Crippen molar-refractivity contribution in [1.29, 1.82) is 0 Å². The maximum absolute atomic E-state index is 13.0. The fraction of sp³-hybridized carbons (Fsp3) is 0.125. The number of likely N-dealkylation sites (N-methyl/N-ethyl adjacent to an activating group) is 1. The van der Waals surface area contributed by atoms with Gasteiger partial charge in [0.15, 0.2) is 11.5 Å². The van der Waals surface area contributed by atoms with E-state index in [4.69, 9.17) is 10.6 Å². The third-order valence-corrected chi connectivity index (χ3v) is 5.06. The van der Waals surface area contributed by atoms with Crippen LogP contribution in [0.25, 0.3) is 0 Å². The molecule has 1 aliphatic heterocycles. The number of ketones is 1. The lowest BCUT2D eigenvalue weighted by Gasteiger charge is -2.33. The number of carboxylic acids is 1. The van der Waals surface area contributed by atoms with Crippen LogP contribution in [0.3, 0.4) is 0 Å². The Kier molecular flexibility index (Phi) is 4.71. The maximum atomic E-state index is 13.0. The molecule has 0 bridgehead atoms. The number of hydroxylamine groups is 2. The molecule has 6 nitrogen and oxygen atoms in total. The zero-order valence-corrected chi connectivity index (χ0v) is 16.7. The lowest BCUT2D eigenvalue weighted by molar-refractivity contribution is -0.0695. The molecule has 8 heteroatoms. The van der Waals surface area contributed by atoms with Crippen LogP contribution in [0, 0.1) is 7.14 Å². The highest BCUT2D eigenvalue weighted by atomic mass is 127. The van der Waals surface area contributed by atoms with Gasteiger partial charge < -0.3 is 15.7 Å². The van der Waals surface area contributed by atoms with Crippen LogP contribution in [0.1, 0.15) is 32.3 Å². The Morgan fingerprint density at radius 2 is 1.96 bits per heavy atom. The predicted octanol–water partition coefficient (Wildman–Crippen LogP) is 3.34. The molecule has 3 rings (SSSR count). The summed E-state index contributed by atoms with van der Waals surface area (Å²) in [4.78, 5) is 30.1. The zero-order chi connectivity index (χ0) is 17.6. The van der Waals surface area contributed by atoms with Gasteiger partial charge in [-0.05, 0) is 75.5 Å². The predicted molar refractivity (Wildman–Crippen MR) is 105 cm³/mol. The first-order valence-corrected chi connectivity index (χ1v) is 9.02. The van der Waals surface area contributed by atoms with E-state index in [9.17, 15) is 14.7 Å². The zero-order valence-electron chi connectivity index (χ0n) is 12.4. The van der Waals surface area contributed by atoms with Crippen molar-refractivity contribution < 1.29 is 19.5 Å². The number of carbonyl (C=O) groups is 2. The van der Waals surface area contributed by atoms with Gasteiger partial charge in [0.1, 0.15) is 6.04 Å². The smallest absolute Gasteiger partial charge is 0.337 e. The van der Waals surface area contributed by atoms with Gasteiger partial charge in [-0.15, -0.1) is 5.06 Å². The molecule has 0 saturated carbocycles. The molecule has 24 heavy (non-hydrogen) atoms. The number of fused-ring (bicyclic) bond motifs is 1. The van der Waals surface area contributed by atoms with Gasteiger partial charge in [0.25, 0.3) is 0 Å². The van der Waals surface area contributed by atoms with Crippen LogP contribution in [0.4, 0.5) is 5.69 Å². The monoisotopic (exact) mass is 550 g/mol. The molecule has 0 radical (unpaired) electrons. The van der Waals surface area contributed by atoms with Crippen molar-refractivity contribution in [2.75, 3.05) is 12.8 Å². The molecule has 0 fully saturated rings. The van der Waals surface area contributed by atoms with Gasteiger partial charge in [0, 0.05) is 19.8 Å². The van der Waals surface area contributed by atoms with Crippen molar-refractivity contribution in [2.45, 2.75) is 6.04 Å². The van der Waals surface area contributed by atoms with E-state index in [2.05, 4.69) is 22.6 Å². The minimum atomic E-state index is -1.13. The fourth-order valence-electron chi connectivity index (χ4n) is 2.67. The Morgan fingerprint density at radius 1 is 1.25 bits per heavy atom. The standard InChI is InChI=1S/C16H12I2N2O4/c1-20-14(10-5-8(18)6-11(13(10)19)16(22)23)15(21)9-4-7(17)2-3-12(9)24-20/h2-6,14H,19H2,1H3,(H,22,23). The highest BCUT2D eigenvalue weighted by molar-refractivity contribution is 14.1. The van der Waals surface area contributed by atoms with Crippen LogP contribution in [0.15, 0.2) is 30.3 Å². The lowest BCUT2D eigenvalue weighted by Crippen LogP contribution is -2.38. The molecule has 124 valence electrons. The quantitative estimate of drug-likeness (QED) is 0.441. The highest BCUT2D eigenvalue weighted by Gasteiger charge is 2.37. The molecular formula is C16H12I2N2O4. The number of anilines is 1. The number of nitrogens with two attached hydrogens (primary N) is 1. The fourth-order valence-corrected chi connectivity index (χ4v) is 3.81. The van der Waals surface area contributed by atoms with Gasteiger partial charge >= 0.3 is 5.97 Å². The third kappa shape index (κ3) is 2.97. The van der Waals surface area contributed by atoms with Crippen LogP contribution in [0.2, 0.25) is 0 Å². The molecule has 2 aromatic rings. The maximum Gasteiger partial charge on any atom is 0.337 e. The number of carbonyl (C=O) groups excluding carboxylic acids is 1. The number of carboxylic acid groups (broad SMARTS) is 1. The summed E-state index contributed by atoms with van der Waals surface area (Å²) < 4.78 is 1.59. The topological polar surface area (TPSA) is 92.9 Å². The van der Waals surface area contributed by atoms with E-state index < -0.39 is 12.0 Å². The molecule has 1 heterocycles. The summed E-state index contributed by atoms with van der Waals surface area (Å²) in [6.07, 6.45) is 0. The van der Waals surface area contributed by atoms with Gasteiger partial charge in [-0.2, -0.15) is 0 Å². The van der Waals surface area contributed by atoms with Crippen molar-refractivity contribution in [3.63, 3.8) is 0 Å². The Bertz CT molecular complexity index is 869. The molecule has 3 N–H and O–H groups in total. The van der Waals surface area contributed by atoms with Crippen molar-refractivity contribution in [1.82, 2.24) is 5.06 Å². The van der Waals surface area contributed by atoms with Crippen LogP contribution in [-0.2, 0) is 0 Å². The van der Waals surface area contributed by atoms with Gasteiger partial charge in [0.05, 0.1) is 16.8 Å². The molecule has 0 saturated heterocycles. The van der Waals surface area contributed by atoms with E-state index in [-0.39, 0.29) is 17.0 Å². The number of hydrogen-bond donors (Lipinski definition) is 2. The molecule has 1 unspecified atom stereocenters. The van der Waals surface area contributed by atoms with Crippen molar-refractivity contribution in [3.05, 3.63) is 54.2 Å². The van der Waals surface area contributed by atoms with Gasteiger partial charge in [-0.3, -0.25) is 4.79 Å². The molecule has 0 aliphatic carbocycles. The normalized spacial score (nSPS) is 17.3. The van der Waals surface area contributed by atoms with E-state index in [1.807, 2.05) is 28.7 Å². The summed E-state index contributed by atoms with van der Waals surface area (Å²) >= 11 is 4.13. The number of Topliss-reactive ketones (excluding diaryl/α,β-unsaturated/α-hetero) is 1. The first-order valence-electron chi connectivity index (χ1n) is 6.86. The molecule has 0 amide bonds. The third-order valence-electron chi connectivity index (χ3n) is 3.76. The second-order valence-corrected chi connectivity index (χ2v) is 7.80. The number of nitrogens with zero attached hydrogens (tertiary/aromatic N) is 1. The minimum absolute atomic E-state index is 0.0217. The van der Waals surface area contributed by atoms with Gasteiger partial charge in [-0.1, -0.05) is 0 Å². The Hall–Kier alpha value is -1.40. The molecule has 0 spiro atoms. The number of nitrogen functional groups attached to an aromatic ring is 1. The minimum Gasteiger partial charge on any atom is -0.478 e. The second-order valence-electron chi connectivity index (χ2n) is 5.31.